The molecule has 2 heterocycles. The van der Waals surface area contributed by atoms with Gasteiger partial charge in [-0.1, -0.05) is 12.0 Å². The number of nitrogens with zero attached hydrogens (tertiary/aromatic N) is 3. The zero-order valence-corrected chi connectivity index (χ0v) is 12.9. The lowest BCUT2D eigenvalue weighted by Gasteiger charge is -2.33. The molecule has 4 rings (SSSR count). The molecule has 1 aliphatic carbocycles. The first-order valence-corrected chi connectivity index (χ1v) is 8.19. The number of allylic oxidation sites excluding steroid dienone is 1. The first kappa shape index (κ1) is 13.8. The highest BCUT2D eigenvalue weighted by Crippen LogP contribution is 2.33. The molecule has 2 aliphatic heterocycles. The van der Waals surface area contributed by atoms with Gasteiger partial charge in [-0.3, -0.25) is 4.99 Å². The standard InChI is InChI=1S/C18H21FN3/c1-2-9-22(12-14-10-15(19)5-7-18(14)21-22)16-6-8-17(20-11-16)13-3-4-13/h5-8,10,12-13,16H,2-4,9,11H2,1H3/q+1. The molecule has 4 heteroatoms. The second-order valence-corrected chi connectivity index (χ2v) is 6.51. The third-order valence-electron chi connectivity index (χ3n) is 4.75. The maximum absolute atomic E-state index is 13.5. The van der Waals surface area contributed by atoms with Crippen molar-refractivity contribution in [3.8, 4) is 0 Å². The largest absolute Gasteiger partial charge is 0.283 e. The van der Waals surface area contributed by atoms with Crippen LogP contribution in [0.2, 0.25) is 0 Å². The first-order chi connectivity index (χ1) is 10.7. The van der Waals surface area contributed by atoms with E-state index < -0.39 is 0 Å². The van der Waals surface area contributed by atoms with E-state index in [1.807, 2.05) is 0 Å². The normalized spacial score (nSPS) is 29.5. The maximum Gasteiger partial charge on any atom is 0.156 e. The molecule has 1 saturated carbocycles. The van der Waals surface area contributed by atoms with Crippen LogP contribution in [0.25, 0.3) is 6.20 Å². The van der Waals surface area contributed by atoms with Crippen LogP contribution in [0.3, 0.4) is 0 Å². The van der Waals surface area contributed by atoms with Gasteiger partial charge in [0, 0.05) is 11.6 Å². The summed E-state index contributed by atoms with van der Waals surface area (Å²) in [5.41, 5.74) is 1.26. The van der Waals surface area contributed by atoms with Crippen molar-refractivity contribution >= 4 is 11.9 Å². The summed E-state index contributed by atoms with van der Waals surface area (Å²) in [6, 6.07) is 5.07. The van der Waals surface area contributed by atoms with Crippen LogP contribution >= 0.6 is 0 Å². The first-order valence-electron chi connectivity index (χ1n) is 8.19. The summed E-state index contributed by atoms with van der Waals surface area (Å²) in [4.78, 5) is 4.79. The topological polar surface area (TPSA) is 24.7 Å². The van der Waals surface area contributed by atoms with E-state index in [1.165, 1.54) is 24.6 Å². The number of fused-ring (bicyclic) bond motifs is 1. The number of rotatable bonds is 4. The predicted octanol–water partition coefficient (Wildman–Crippen LogP) is 2.13. The number of halogens is 1. The molecule has 0 spiro atoms. The van der Waals surface area contributed by atoms with Crippen molar-refractivity contribution in [3.05, 3.63) is 46.7 Å². The van der Waals surface area contributed by atoms with Crippen molar-refractivity contribution < 1.29 is 8.98 Å². The Kier molecular flexibility index (Phi) is 3.22. The molecule has 1 aromatic rings. The fourth-order valence-corrected chi connectivity index (χ4v) is 3.46. The molecule has 2 unspecified atom stereocenters. The van der Waals surface area contributed by atoms with E-state index in [1.54, 1.807) is 12.1 Å². The van der Waals surface area contributed by atoms with E-state index in [-0.39, 0.29) is 11.9 Å². The third-order valence-corrected chi connectivity index (χ3v) is 4.75. The zero-order chi connectivity index (χ0) is 15.2. The Balaban J connectivity index is 1.69. The maximum atomic E-state index is 13.5. The van der Waals surface area contributed by atoms with Crippen LogP contribution in [0.15, 0.2) is 40.4 Å². The third kappa shape index (κ3) is 2.31. The van der Waals surface area contributed by atoms with Crippen molar-refractivity contribution in [1.29, 1.82) is 0 Å². The van der Waals surface area contributed by atoms with Gasteiger partial charge in [0.05, 0.1) is 11.8 Å². The second-order valence-electron chi connectivity index (χ2n) is 6.51. The highest BCUT2D eigenvalue weighted by Gasteiger charge is 2.38. The van der Waals surface area contributed by atoms with Gasteiger partial charge in [0.25, 0.3) is 0 Å². The molecule has 0 bridgehead atoms. The lowest BCUT2D eigenvalue weighted by atomic mass is 10.1. The minimum atomic E-state index is -0.199. The lowest BCUT2D eigenvalue weighted by molar-refractivity contribution is -0.877. The van der Waals surface area contributed by atoms with E-state index in [0.717, 1.165) is 30.1 Å². The van der Waals surface area contributed by atoms with Crippen molar-refractivity contribution in [1.82, 2.24) is 0 Å². The molecular weight excluding hydrogens is 277 g/mol. The molecule has 3 nitrogen and oxygen atoms in total. The number of dihydropyridines is 1. The van der Waals surface area contributed by atoms with E-state index in [2.05, 4.69) is 25.3 Å². The number of hydrogen-bond donors (Lipinski definition) is 0. The van der Waals surface area contributed by atoms with Crippen LogP contribution in [0.5, 0.6) is 0 Å². The predicted molar refractivity (Wildman–Crippen MR) is 85.0 cm³/mol. The number of aliphatic imine (C=N–C) groups is 1. The fraction of sp³-hybridized carbons (Fsp3) is 0.444. The SMILES string of the molecule is CCC[N+]1(C2C=CC(C3CC3)=NC2)C=c2cc(F)ccc2=N1. The highest BCUT2D eigenvalue weighted by molar-refractivity contribution is 5.99. The van der Waals surface area contributed by atoms with Gasteiger partial charge < -0.3 is 0 Å². The molecule has 3 aliphatic rings. The van der Waals surface area contributed by atoms with Gasteiger partial charge in [0.15, 0.2) is 6.04 Å². The van der Waals surface area contributed by atoms with Crippen LogP contribution in [0, 0.1) is 11.7 Å². The minimum absolute atomic E-state index is 0.199. The van der Waals surface area contributed by atoms with Crippen molar-refractivity contribution in [3.63, 3.8) is 0 Å². The van der Waals surface area contributed by atoms with Crippen molar-refractivity contribution in [2.75, 3.05) is 13.1 Å². The number of benzene rings is 1. The quantitative estimate of drug-likeness (QED) is 0.761. The summed E-state index contributed by atoms with van der Waals surface area (Å²) < 4.78 is 14.0. The molecule has 114 valence electrons. The average molecular weight is 298 g/mol. The van der Waals surface area contributed by atoms with Crippen LogP contribution < -0.4 is 10.6 Å². The summed E-state index contributed by atoms with van der Waals surface area (Å²) >= 11 is 0. The monoisotopic (exact) mass is 298 g/mol. The molecule has 0 N–H and O–H groups in total. The zero-order valence-electron chi connectivity index (χ0n) is 12.9. The summed E-state index contributed by atoms with van der Waals surface area (Å²) in [7, 11) is 0. The van der Waals surface area contributed by atoms with Crippen LogP contribution in [-0.4, -0.2) is 29.4 Å². The average Bonchev–Trinajstić information content (AvgIpc) is 3.30. The van der Waals surface area contributed by atoms with Crippen LogP contribution in [-0.2, 0) is 0 Å². The molecule has 0 radical (unpaired) electrons. The Labute approximate surface area is 129 Å². The van der Waals surface area contributed by atoms with E-state index >= 15 is 0 Å². The molecule has 0 aromatic heterocycles. The molecule has 22 heavy (non-hydrogen) atoms. The molecule has 0 amide bonds. The van der Waals surface area contributed by atoms with E-state index in [0.29, 0.717) is 10.5 Å². The highest BCUT2D eigenvalue weighted by atomic mass is 19.1. The van der Waals surface area contributed by atoms with Gasteiger partial charge >= 0.3 is 0 Å². The molecule has 0 saturated heterocycles. The van der Waals surface area contributed by atoms with Gasteiger partial charge in [-0.05, 0) is 49.6 Å². The Morgan fingerprint density at radius 2 is 2.18 bits per heavy atom. The summed E-state index contributed by atoms with van der Waals surface area (Å²) in [5.74, 6) is 0.498. The summed E-state index contributed by atoms with van der Waals surface area (Å²) in [5, 5.41) is 6.71. The molecular formula is C18H21FN3+. The Morgan fingerprint density at radius 3 is 2.86 bits per heavy atom. The number of quaternary nitrogens is 1. The number of hydrogen-bond acceptors (Lipinski definition) is 2. The van der Waals surface area contributed by atoms with Gasteiger partial charge in [-0.2, -0.15) is 4.59 Å². The fourth-order valence-electron chi connectivity index (χ4n) is 3.46. The van der Waals surface area contributed by atoms with E-state index in [4.69, 9.17) is 10.1 Å². The summed E-state index contributed by atoms with van der Waals surface area (Å²) in [6.07, 6.45) is 10.1. The Bertz CT molecular complexity index is 776. The minimum Gasteiger partial charge on any atom is -0.283 e. The Morgan fingerprint density at radius 1 is 1.32 bits per heavy atom. The van der Waals surface area contributed by atoms with Gasteiger partial charge in [-0.25, -0.2) is 4.39 Å². The second kappa shape index (κ2) is 5.13. The molecule has 1 fully saturated rings. The Hall–Kier alpha value is -1.81. The van der Waals surface area contributed by atoms with Crippen molar-refractivity contribution in [2.24, 2.45) is 16.0 Å². The van der Waals surface area contributed by atoms with E-state index in [9.17, 15) is 4.39 Å². The molecule has 1 aromatic carbocycles. The van der Waals surface area contributed by atoms with Crippen molar-refractivity contribution in [2.45, 2.75) is 32.2 Å². The lowest BCUT2D eigenvalue weighted by Crippen LogP contribution is -2.48. The van der Waals surface area contributed by atoms with Crippen LogP contribution in [0.4, 0.5) is 4.39 Å². The van der Waals surface area contributed by atoms with Gasteiger partial charge in [0.1, 0.15) is 23.9 Å². The van der Waals surface area contributed by atoms with Gasteiger partial charge in [0.2, 0.25) is 0 Å². The smallest absolute Gasteiger partial charge is 0.156 e. The molecule has 2 atom stereocenters. The van der Waals surface area contributed by atoms with Crippen LogP contribution in [0.1, 0.15) is 26.2 Å². The van der Waals surface area contributed by atoms with Gasteiger partial charge in [-0.15, -0.1) is 0 Å². The summed E-state index contributed by atoms with van der Waals surface area (Å²) in [6.45, 7) is 3.86.